The van der Waals surface area contributed by atoms with Gasteiger partial charge in [0.2, 0.25) is 0 Å². The fraction of sp³-hybridized carbons (Fsp3) is 0.800. The van der Waals surface area contributed by atoms with Crippen LogP contribution in [-0.2, 0) is 9.53 Å². The van der Waals surface area contributed by atoms with Gasteiger partial charge in [-0.3, -0.25) is 4.79 Å². The Morgan fingerprint density at radius 1 is 1.43 bits per heavy atom. The molecule has 4 heteroatoms. The lowest BCUT2D eigenvalue weighted by Crippen LogP contribution is -2.40. The number of ketones is 1. The molecule has 0 aromatic carbocycles. The van der Waals surface area contributed by atoms with Gasteiger partial charge in [0.25, 0.3) is 0 Å². The molecule has 0 N–H and O–H groups in total. The number of hydrogen-bond acceptors (Lipinski definition) is 3. The first kappa shape index (κ1) is 11.0. The lowest BCUT2D eigenvalue weighted by Gasteiger charge is -2.26. The molecule has 14 heavy (non-hydrogen) atoms. The Morgan fingerprint density at radius 3 is 2.57 bits per heavy atom. The SMILES string of the molecule is COC(=O)N1C(C)CCC1CC(C)=O. The number of hydrogen-bond donors (Lipinski definition) is 0. The van der Waals surface area contributed by atoms with Crippen LogP contribution >= 0.6 is 0 Å². The molecule has 0 aromatic rings. The second-order valence-corrected chi connectivity index (χ2v) is 3.86. The zero-order chi connectivity index (χ0) is 10.7. The molecule has 0 aromatic heterocycles. The molecular formula is C10H17NO3. The molecule has 0 radical (unpaired) electrons. The quantitative estimate of drug-likeness (QED) is 0.678. The predicted octanol–water partition coefficient (Wildman–Crippen LogP) is 1.58. The number of likely N-dealkylation sites (tertiary alicyclic amines) is 1. The molecule has 1 heterocycles. The number of carbonyl (C=O) groups is 2. The molecule has 1 rings (SSSR count). The number of Topliss-reactive ketones (excluding diaryl/α,β-unsaturated/α-hetero) is 1. The third-order valence-corrected chi connectivity index (χ3v) is 2.69. The average Bonchev–Trinajstić information content (AvgIpc) is 2.45. The zero-order valence-corrected chi connectivity index (χ0v) is 8.95. The van der Waals surface area contributed by atoms with E-state index in [1.54, 1.807) is 11.8 Å². The third-order valence-electron chi connectivity index (χ3n) is 2.69. The maximum Gasteiger partial charge on any atom is 0.409 e. The van der Waals surface area contributed by atoms with Gasteiger partial charge in [0.1, 0.15) is 5.78 Å². The summed E-state index contributed by atoms with van der Waals surface area (Å²) < 4.78 is 4.69. The third kappa shape index (κ3) is 2.25. The van der Waals surface area contributed by atoms with Gasteiger partial charge in [-0.1, -0.05) is 0 Å². The summed E-state index contributed by atoms with van der Waals surface area (Å²) in [5, 5.41) is 0. The summed E-state index contributed by atoms with van der Waals surface area (Å²) >= 11 is 0. The van der Waals surface area contributed by atoms with Crippen molar-refractivity contribution in [3.63, 3.8) is 0 Å². The van der Waals surface area contributed by atoms with Crippen LogP contribution in [0.25, 0.3) is 0 Å². The molecule has 2 unspecified atom stereocenters. The minimum Gasteiger partial charge on any atom is -0.453 e. The van der Waals surface area contributed by atoms with Crippen LogP contribution in [0.3, 0.4) is 0 Å². The van der Waals surface area contributed by atoms with E-state index in [0.29, 0.717) is 6.42 Å². The maximum atomic E-state index is 11.4. The molecule has 0 bridgehead atoms. The molecule has 1 aliphatic rings. The molecule has 1 aliphatic heterocycles. The van der Waals surface area contributed by atoms with Crippen LogP contribution in [-0.4, -0.2) is 36.0 Å². The van der Waals surface area contributed by atoms with Crippen molar-refractivity contribution in [2.45, 2.75) is 45.2 Å². The van der Waals surface area contributed by atoms with Crippen LogP contribution in [0.5, 0.6) is 0 Å². The molecule has 1 fully saturated rings. The number of nitrogens with zero attached hydrogens (tertiary/aromatic N) is 1. The summed E-state index contributed by atoms with van der Waals surface area (Å²) in [6.45, 7) is 3.54. The monoisotopic (exact) mass is 199 g/mol. The van der Waals surface area contributed by atoms with Gasteiger partial charge in [-0.2, -0.15) is 0 Å². The molecule has 4 nitrogen and oxygen atoms in total. The molecule has 1 amide bonds. The van der Waals surface area contributed by atoms with Gasteiger partial charge in [0.05, 0.1) is 7.11 Å². The van der Waals surface area contributed by atoms with Gasteiger partial charge in [-0.15, -0.1) is 0 Å². The topological polar surface area (TPSA) is 46.6 Å². The lowest BCUT2D eigenvalue weighted by molar-refractivity contribution is -0.117. The van der Waals surface area contributed by atoms with E-state index in [9.17, 15) is 9.59 Å². The highest BCUT2D eigenvalue weighted by molar-refractivity contribution is 5.77. The van der Waals surface area contributed by atoms with Gasteiger partial charge in [0.15, 0.2) is 0 Å². The van der Waals surface area contributed by atoms with E-state index >= 15 is 0 Å². The summed E-state index contributed by atoms with van der Waals surface area (Å²) in [5.41, 5.74) is 0. The maximum absolute atomic E-state index is 11.4. The van der Waals surface area contributed by atoms with E-state index in [-0.39, 0.29) is 24.0 Å². The Balaban J connectivity index is 2.66. The predicted molar refractivity (Wildman–Crippen MR) is 52.0 cm³/mol. The second-order valence-electron chi connectivity index (χ2n) is 3.86. The molecule has 0 saturated carbocycles. The van der Waals surface area contributed by atoms with Crippen molar-refractivity contribution < 1.29 is 14.3 Å². The number of rotatable bonds is 2. The smallest absolute Gasteiger partial charge is 0.409 e. The van der Waals surface area contributed by atoms with E-state index in [1.807, 2.05) is 6.92 Å². The minimum absolute atomic E-state index is 0.0370. The number of amides is 1. The van der Waals surface area contributed by atoms with Crippen LogP contribution in [0.15, 0.2) is 0 Å². The van der Waals surface area contributed by atoms with Gasteiger partial charge in [-0.25, -0.2) is 4.79 Å². The molecule has 2 atom stereocenters. The first-order valence-electron chi connectivity index (χ1n) is 4.92. The normalized spacial score (nSPS) is 26.4. The Hall–Kier alpha value is -1.06. The number of ether oxygens (including phenoxy) is 1. The van der Waals surface area contributed by atoms with Crippen molar-refractivity contribution in [2.24, 2.45) is 0 Å². The Morgan fingerprint density at radius 2 is 2.07 bits per heavy atom. The Labute approximate surface area is 84.2 Å². The largest absolute Gasteiger partial charge is 0.453 e. The van der Waals surface area contributed by atoms with Crippen molar-refractivity contribution >= 4 is 11.9 Å². The van der Waals surface area contributed by atoms with E-state index in [1.165, 1.54) is 7.11 Å². The summed E-state index contributed by atoms with van der Waals surface area (Å²) in [5.74, 6) is 0.123. The molecule has 80 valence electrons. The Kier molecular flexibility index (Phi) is 3.49. The van der Waals surface area contributed by atoms with Crippen LogP contribution in [0.4, 0.5) is 4.79 Å². The van der Waals surface area contributed by atoms with Gasteiger partial charge >= 0.3 is 6.09 Å². The highest BCUT2D eigenvalue weighted by Crippen LogP contribution is 2.26. The first-order valence-corrected chi connectivity index (χ1v) is 4.92. The Bertz CT molecular complexity index is 240. The molecular weight excluding hydrogens is 182 g/mol. The average molecular weight is 199 g/mol. The number of methoxy groups -OCH3 is 1. The first-order chi connectivity index (χ1) is 6.56. The summed E-state index contributed by atoms with van der Waals surface area (Å²) in [7, 11) is 1.37. The van der Waals surface area contributed by atoms with Crippen molar-refractivity contribution in [2.75, 3.05) is 7.11 Å². The van der Waals surface area contributed by atoms with Gasteiger partial charge in [0, 0.05) is 18.5 Å². The van der Waals surface area contributed by atoms with Crippen molar-refractivity contribution in [1.82, 2.24) is 4.90 Å². The highest BCUT2D eigenvalue weighted by atomic mass is 16.5. The summed E-state index contributed by atoms with van der Waals surface area (Å²) in [4.78, 5) is 24.1. The second kappa shape index (κ2) is 4.44. The minimum atomic E-state index is -0.318. The highest BCUT2D eigenvalue weighted by Gasteiger charge is 2.35. The van der Waals surface area contributed by atoms with Crippen LogP contribution in [0, 0.1) is 0 Å². The van der Waals surface area contributed by atoms with Crippen LogP contribution in [0.2, 0.25) is 0 Å². The number of carbonyl (C=O) groups excluding carboxylic acids is 2. The zero-order valence-electron chi connectivity index (χ0n) is 8.95. The summed E-state index contributed by atoms with van der Waals surface area (Å²) in [6.07, 6.45) is 1.98. The standard InChI is InChI=1S/C10H17NO3/c1-7-4-5-9(6-8(2)12)11(7)10(13)14-3/h7,9H,4-6H2,1-3H3. The summed E-state index contributed by atoms with van der Waals surface area (Å²) in [6, 6.07) is 0.224. The molecule has 0 spiro atoms. The molecule has 0 aliphatic carbocycles. The van der Waals surface area contributed by atoms with E-state index in [4.69, 9.17) is 4.74 Å². The lowest BCUT2D eigenvalue weighted by atomic mass is 10.1. The van der Waals surface area contributed by atoms with E-state index < -0.39 is 0 Å². The van der Waals surface area contributed by atoms with Crippen molar-refractivity contribution in [3.05, 3.63) is 0 Å². The fourth-order valence-electron chi connectivity index (χ4n) is 2.04. The molecule has 1 saturated heterocycles. The van der Waals surface area contributed by atoms with Crippen molar-refractivity contribution in [3.8, 4) is 0 Å². The van der Waals surface area contributed by atoms with Crippen molar-refractivity contribution in [1.29, 1.82) is 0 Å². The van der Waals surface area contributed by atoms with Crippen LogP contribution in [0.1, 0.15) is 33.1 Å². The van der Waals surface area contributed by atoms with Gasteiger partial charge in [-0.05, 0) is 26.7 Å². The fourth-order valence-corrected chi connectivity index (χ4v) is 2.04. The van der Waals surface area contributed by atoms with E-state index in [0.717, 1.165) is 12.8 Å². The van der Waals surface area contributed by atoms with E-state index in [2.05, 4.69) is 0 Å². The van der Waals surface area contributed by atoms with Gasteiger partial charge < -0.3 is 9.64 Å². The van der Waals surface area contributed by atoms with Crippen LogP contribution < -0.4 is 0 Å².